The van der Waals surface area contributed by atoms with Crippen molar-refractivity contribution in [2.75, 3.05) is 0 Å². The van der Waals surface area contributed by atoms with Gasteiger partial charge in [0.1, 0.15) is 11.3 Å². The first-order valence-corrected chi connectivity index (χ1v) is 6.42. The molecular weight excluding hydrogens is 242 g/mol. The number of hydrogen-bond acceptors (Lipinski definition) is 4. The van der Waals surface area contributed by atoms with E-state index < -0.39 is 5.63 Å². The largest absolute Gasteiger partial charge is 0.508 e. The fourth-order valence-electron chi connectivity index (χ4n) is 1.82. The maximum absolute atomic E-state index is 11.5. The topological polar surface area (TPSA) is 62.5 Å². The van der Waals surface area contributed by atoms with E-state index >= 15 is 0 Å². The Hall–Kier alpha value is -1.81. The zero-order valence-corrected chi connectivity index (χ0v) is 11.5. The molecule has 102 valence electrons. The Morgan fingerprint density at radius 2 is 2.05 bits per heavy atom. The number of benzene rings is 1. The van der Waals surface area contributed by atoms with Gasteiger partial charge < -0.3 is 14.8 Å². The molecule has 0 radical (unpaired) electrons. The third-order valence-electron chi connectivity index (χ3n) is 3.46. The molecule has 0 fully saturated rings. The molecule has 4 nitrogen and oxygen atoms in total. The maximum Gasteiger partial charge on any atom is 0.336 e. The van der Waals surface area contributed by atoms with Gasteiger partial charge in [0.25, 0.3) is 0 Å². The molecule has 4 heteroatoms. The van der Waals surface area contributed by atoms with Crippen molar-refractivity contribution in [3.05, 3.63) is 40.2 Å². The molecule has 1 heterocycles. The fourth-order valence-corrected chi connectivity index (χ4v) is 1.82. The van der Waals surface area contributed by atoms with Gasteiger partial charge in [-0.15, -0.1) is 0 Å². The fraction of sp³-hybridized carbons (Fsp3) is 0.400. The van der Waals surface area contributed by atoms with Crippen LogP contribution in [0.15, 0.2) is 33.5 Å². The Morgan fingerprint density at radius 3 is 2.74 bits per heavy atom. The average molecular weight is 261 g/mol. The molecular formula is C15H19NO3. The number of phenolic OH excluding ortho intramolecular Hbond substituents is 1. The highest BCUT2D eigenvalue weighted by atomic mass is 16.4. The van der Waals surface area contributed by atoms with Crippen LogP contribution in [0.25, 0.3) is 11.0 Å². The number of fused-ring (bicyclic) bond motifs is 1. The lowest BCUT2D eigenvalue weighted by molar-refractivity contribution is 0.374. The Balaban J connectivity index is 2.40. The molecule has 2 rings (SSSR count). The quantitative estimate of drug-likeness (QED) is 0.831. The van der Waals surface area contributed by atoms with Crippen LogP contribution in [-0.2, 0) is 6.54 Å². The van der Waals surface area contributed by atoms with Crippen LogP contribution < -0.4 is 10.9 Å². The molecule has 0 bridgehead atoms. The highest BCUT2D eigenvalue weighted by molar-refractivity contribution is 5.81. The van der Waals surface area contributed by atoms with Gasteiger partial charge in [0.05, 0.1) is 0 Å². The van der Waals surface area contributed by atoms with Gasteiger partial charge in [-0.25, -0.2) is 4.79 Å². The molecule has 0 saturated carbocycles. The van der Waals surface area contributed by atoms with Crippen LogP contribution >= 0.6 is 0 Å². The lowest BCUT2D eigenvalue weighted by Crippen LogP contribution is -2.38. The molecule has 19 heavy (non-hydrogen) atoms. The van der Waals surface area contributed by atoms with Crippen molar-refractivity contribution in [1.29, 1.82) is 0 Å². The van der Waals surface area contributed by atoms with E-state index in [-0.39, 0.29) is 11.3 Å². The number of hydrogen-bond donors (Lipinski definition) is 2. The predicted molar refractivity (Wildman–Crippen MR) is 75.4 cm³/mol. The summed E-state index contributed by atoms with van der Waals surface area (Å²) in [6.07, 6.45) is 0.993. The smallest absolute Gasteiger partial charge is 0.336 e. The van der Waals surface area contributed by atoms with Gasteiger partial charge in [-0.2, -0.15) is 0 Å². The van der Waals surface area contributed by atoms with Gasteiger partial charge in [0, 0.05) is 29.6 Å². The van der Waals surface area contributed by atoms with Crippen molar-refractivity contribution in [2.45, 2.75) is 39.3 Å². The van der Waals surface area contributed by atoms with Crippen LogP contribution in [0.1, 0.15) is 32.8 Å². The van der Waals surface area contributed by atoms with Crippen molar-refractivity contribution in [3.63, 3.8) is 0 Å². The molecule has 0 saturated heterocycles. The van der Waals surface area contributed by atoms with E-state index in [0.717, 1.165) is 17.4 Å². The summed E-state index contributed by atoms with van der Waals surface area (Å²) in [4.78, 5) is 11.5. The van der Waals surface area contributed by atoms with Crippen LogP contribution in [0, 0.1) is 0 Å². The standard InChI is InChI=1S/C15H19NO3/c1-4-15(2,3)16-9-10-7-14(18)19-13-8-11(17)5-6-12(10)13/h5-8,16-17H,4,9H2,1-3H3. The highest BCUT2D eigenvalue weighted by Gasteiger charge is 2.15. The van der Waals surface area contributed by atoms with Gasteiger partial charge >= 0.3 is 5.63 Å². The van der Waals surface area contributed by atoms with Crippen molar-refractivity contribution >= 4 is 11.0 Å². The zero-order chi connectivity index (χ0) is 14.0. The van der Waals surface area contributed by atoms with E-state index in [1.165, 1.54) is 12.1 Å². The van der Waals surface area contributed by atoms with E-state index in [9.17, 15) is 9.90 Å². The van der Waals surface area contributed by atoms with Crippen LogP contribution in [0.3, 0.4) is 0 Å². The summed E-state index contributed by atoms with van der Waals surface area (Å²) >= 11 is 0. The lowest BCUT2D eigenvalue weighted by atomic mass is 10.0. The Labute approximate surface area is 112 Å². The van der Waals surface area contributed by atoms with E-state index in [0.29, 0.717) is 12.1 Å². The third-order valence-corrected chi connectivity index (χ3v) is 3.46. The predicted octanol–water partition coefficient (Wildman–Crippen LogP) is 2.78. The van der Waals surface area contributed by atoms with Crippen LogP contribution in [0.4, 0.5) is 0 Å². The Kier molecular flexibility index (Phi) is 3.62. The molecule has 0 unspecified atom stereocenters. The summed E-state index contributed by atoms with van der Waals surface area (Å²) in [5.41, 5.74) is 0.912. The summed E-state index contributed by atoms with van der Waals surface area (Å²) < 4.78 is 5.10. The van der Waals surface area contributed by atoms with Gasteiger partial charge in [-0.05, 0) is 38.0 Å². The van der Waals surface area contributed by atoms with Gasteiger partial charge in [-0.3, -0.25) is 0 Å². The molecule has 2 N–H and O–H groups in total. The summed E-state index contributed by atoms with van der Waals surface area (Å²) in [6.45, 7) is 6.94. The summed E-state index contributed by atoms with van der Waals surface area (Å²) in [6, 6.07) is 6.32. The normalized spacial score (nSPS) is 11.9. The first-order chi connectivity index (χ1) is 8.91. The zero-order valence-electron chi connectivity index (χ0n) is 11.5. The summed E-state index contributed by atoms with van der Waals surface area (Å²) in [5, 5.41) is 13.7. The Bertz CT molecular complexity index is 643. The van der Waals surface area contributed by atoms with Crippen molar-refractivity contribution in [2.24, 2.45) is 0 Å². The van der Waals surface area contributed by atoms with Gasteiger partial charge in [-0.1, -0.05) is 6.92 Å². The SMILES string of the molecule is CCC(C)(C)NCc1cc(=O)oc2cc(O)ccc12. The number of aromatic hydroxyl groups is 1. The maximum atomic E-state index is 11.5. The number of nitrogens with one attached hydrogen (secondary N) is 1. The average Bonchev–Trinajstić information content (AvgIpc) is 2.35. The van der Waals surface area contributed by atoms with Crippen LogP contribution in [0.5, 0.6) is 5.75 Å². The monoisotopic (exact) mass is 261 g/mol. The molecule has 0 aliphatic carbocycles. The molecule has 2 aromatic rings. The first kappa shape index (κ1) is 13.6. The van der Waals surface area contributed by atoms with Crippen molar-refractivity contribution < 1.29 is 9.52 Å². The third kappa shape index (κ3) is 3.15. The van der Waals surface area contributed by atoms with E-state index in [2.05, 4.69) is 26.1 Å². The van der Waals surface area contributed by atoms with E-state index in [4.69, 9.17) is 4.42 Å². The molecule has 0 aliphatic heterocycles. The molecule has 1 aromatic carbocycles. The molecule has 0 atom stereocenters. The second kappa shape index (κ2) is 5.05. The second-order valence-corrected chi connectivity index (χ2v) is 5.36. The minimum absolute atomic E-state index is 0.0132. The number of rotatable bonds is 4. The Morgan fingerprint density at radius 1 is 1.32 bits per heavy atom. The molecule has 0 aliphatic rings. The summed E-state index contributed by atoms with van der Waals surface area (Å²) in [7, 11) is 0. The molecule has 0 spiro atoms. The summed E-state index contributed by atoms with van der Waals surface area (Å²) in [5.74, 6) is 0.0923. The lowest BCUT2D eigenvalue weighted by Gasteiger charge is -2.24. The number of phenols is 1. The minimum atomic E-state index is -0.399. The highest BCUT2D eigenvalue weighted by Crippen LogP contribution is 2.22. The van der Waals surface area contributed by atoms with E-state index in [1.54, 1.807) is 12.1 Å². The van der Waals surface area contributed by atoms with Crippen molar-refractivity contribution in [3.8, 4) is 5.75 Å². The molecule has 1 aromatic heterocycles. The second-order valence-electron chi connectivity index (χ2n) is 5.36. The first-order valence-electron chi connectivity index (χ1n) is 6.42. The van der Waals surface area contributed by atoms with E-state index in [1.807, 2.05) is 0 Å². The van der Waals surface area contributed by atoms with Gasteiger partial charge in [0.15, 0.2) is 0 Å². The van der Waals surface area contributed by atoms with Crippen molar-refractivity contribution in [1.82, 2.24) is 5.32 Å². The van der Waals surface area contributed by atoms with Crippen LogP contribution in [0.2, 0.25) is 0 Å². The van der Waals surface area contributed by atoms with Crippen LogP contribution in [-0.4, -0.2) is 10.6 Å². The molecule has 0 amide bonds. The minimum Gasteiger partial charge on any atom is -0.508 e. The van der Waals surface area contributed by atoms with Gasteiger partial charge in [0.2, 0.25) is 0 Å².